The second-order valence-electron chi connectivity index (χ2n) is 5.56. The lowest BCUT2D eigenvalue weighted by atomic mass is 9.98. The quantitative estimate of drug-likeness (QED) is 0.494. The van der Waals surface area contributed by atoms with Gasteiger partial charge in [-0.1, -0.05) is 0 Å². The van der Waals surface area contributed by atoms with E-state index in [1.54, 1.807) is 34.6 Å². The molecule has 0 amide bonds. The Morgan fingerprint density at radius 2 is 1.50 bits per heavy atom. The van der Waals surface area contributed by atoms with Gasteiger partial charge in [-0.3, -0.25) is 9.59 Å². The highest BCUT2D eigenvalue weighted by molar-refractivity contribution is 5.87. The van der Waals surface area contributed by atoms with Gasteiger partial charge in [-0.05, 0) is 34.6 Å². The van der Waals surface area contributed by atoms with Gasteiger partial charge in [0, 0.05) is 7.11 Å². The molecule has 2 unspecified atom stereocenters. The van der Waals surface area contributed by atoms with Crippen LogP contribution in [0.4, 0.5) is 0 Å². The van der Waals surface area contributed by atoms with E-state index in [1.165, 1.54) is 7.11 Å². The first-order valence-corrected chi connectivity index (χ1v) is 7.24. The normalized spacial score (nSPS) is 13.9. The van der Waals surface area contributed by atoms with Gasteiger partial charge in [0.15, 0.2) is 6.10 Å². The lowest BCUT2D eigenvalue weighted by Gasteiger charge is -2.26. The molecule has 0 saturated carbocycles. The summed E-state index contributed by atoms with van der Waals surface area (Å²) in [5.74, 6) is -3.14. The van der Waals surface area contributed by atoms with Crippen molar-refractivity contribution in [3.8, 4) is 0 Å². The molecule has 0 spiro atoms. The van der Waals surface area contributed by atoms with E-state index < -0.39 is 35.5 Å². The Morgan fingerprint density at radius 1 is 0.955 bits per heavy atom. The van der Waals surface area contributed by atoms with Crippen LogP contribution in [0.3, 0.4) is 0 Å². The van der Waals surface area contributed by atoms with Gasteiger partial charge in [-0.25, -0.2) is 4.79 Å². The smallest absolute Gasteiger partial charge is 0.336 e. The minimum atomic E-state index is -1.23. The Bertz CT molecular complexity index is 384. The highest BCUT2D eigenvalue weighted by Crippen LogP contribution is 2.20. The zero-order chi connectivity index (χ0) is 17.3. The molecule has 0 aromatic carbocycles. The van der Waals surface area contributed by atoms with Crippen molar-refractivity contribution in [3.05, 3.63) is 0 Å². The number of esters is 3. The van der Waals surface area contributed by atoms with Crippen LogP contribution in [0.2, 0.25) is 0 Å². The fourth-order valence-electron chi connectivity index (χ4n) is 1.75. The van der Waals surface area contributed by atoms with Crippen LogP contribution in [0.1, 0.15) is 41.0 Å². The highest BCUT2D eigenvalue weighted by Gasteiger charge is 2.39. The molecule has 0 fully saturated rings. The SMILES string of the molecule is CCOC(=O)CC(C(=O)OCC)C(OC)C(=O)OC(C)(C)C. The second-order valence-corrected chi connectivity index (χ2v) is 5.56. The molecule has 0 bridgehead atoms. The number of hydrogen-bond donors (Lipinski definition) is 0. The lowest BCUT2D eigenvalue weighted by Crippen LogP contribution is -2.42. The molecule has 0 rings (SSSR count). The molecule has 0 aromatic rings. The van der Waals surface area contributed by atoms with E-state index in [0.717, 1.165) is 0 Å². The molecule has 0 aliphatic carbocycles. The number of rotatable bonds is 8. The molecule has 0 heterocycles. The van der Waals surface area contributed by atoms with Crippen LogP contribution < -0.4 is 0 Å². The summed E-state index contributed by atoms with van der Waals surface area (Å²) < 4.78 is 20.0. The van der Waals surface area contributed by atoms with Crippen molar-refractivity contribution in [3.63, 3.8) is 0 Å². The zero-order valence-corrected chi connectivity index (χ0v) is 14.1. The average molecular weight is 318 g/mol. The van der Waals surface area contributed by atoms with E-state index >= 15 is 0 Å². The Hall–Kier alpha value is -1.63. The summed E-state index contributed by atoms with van der Waals surface area (Å²) in [6.45, 7) is 8.68. The Labute approximate surface area is 131 Å². The highest BCUT2D eigenvalue weighted by atomic mass is 16.6. The lowest BCUT2D eigenvalue weighted by molar-refractivity contribution is -0.178. The predicted molar refractivity (Wildman–Crippen MR) is 78.0 cm³/mol. The molecule has 0 N–H and O–H groups in total. The van der Waals surface area contributed by atoms with Crippen molar-refractivity contribution < 1.29 is 33.3 Å². The van der Waals surface area contributed by atoms with E-state index in [9.17, 15) is 14.4 Å². The van der Waals surface area contributed by atoms with Gasteiger partial charge in [-0.15, -0.1) is 0 Å². The maximum atomic E-state index is 12.2. The van der Waals surface area contributed by atoms with Crippen LogP contribution in [-0.4, -0.2) is 49.9 Å². The van der Waals surface area contributed by atoms with Crippen LogP contribution in [0.15, 0.2) is 0 Å². The number of methoxy groups -OCH3 is 1. The van der Waals surface area contributed by atoms with Gasteiger partial charge in [0.2, 0.25) is 0 Å². The Kier molecular flexibility index (Phi) is 8.70. The molecule has 22 heavy (non-hydrogen) atoms. The summed E-state index contributed by atoms with van der Waals surface area (Å²) in [6.07, 6.45) is -1.55. The number of carbonyl (C=O) groups excluding carboxylic acids is 3. The standard InChI is InChI=1S/C15H26O7/c1-7-20-11(16)9-10(13(17)21-8-2)12(19-6)14(18)22-15(3,4)5/h10,12H,7-9H2,1-6H3. The fourth-order valence-corrected chi connectivity index (χ4v) is 1.75. The first-order valence-electron chi connectivity index (χ1n) is 7.24. The maximum absolute atomic E-state index is 12.2. The van der Waals surface area contributed by atoms with Crippen LogP contribution in [-0.2, 0) is 33.3 Å². The summed E-state index contributed by atoms with van der Waals surface area (Å²) in [5, 5.41) is 0. The van der Waals surface area contributed by atoms with Gasteiger partial charge in [0.05, 0.1) is 19.6 Å². The Morgan fingerprint density at radius 3 is 1.91 bits per heavy atom. The van der Waals surface area contributed by atoms with Gasteiger partial charge < -0.3 is 18.9 Å². The van der Waals surface area contributed by atoms with E-state index in [4.69, 9.17) is 18.9 Å². The maximum Gasteiger partial charge on any atom is 0.336 e. The average Bonchev–Trinajstić information content (AvgIpc) is 2.36. The molecular formula is C15H26O7. The van der Waals surface area contributed by atoms with Crippen molar-refractivity contribution in [2.45, 2.75) is 52.7 Å². The first kappa shape index (κ1) is 20.4. The van der Waals surface area contributed by atoms with Crippen LogP contribution in [0.5, 0.6) is 0 Å². The Balaban J connectivity index is 5.19. The van der Waals surface area contributed by atoms with Crippen molar-refractivity contribution in [2.75, 3.05) is 20.3 Å². The number of carbonyl (C=O) groups is 3. The molecule has 0 aliphatic heterocycles. The summed E-state index contributed by atoms with van der Waals surface area (Å²) in [7, 11) is 1.27. The van der Waals surface area contributed by atoms with Crippen LogP contribution >= 0.6 is 0 Å². The zero-order valence-electron chi connectivity index (χ0n) is 14.1. The molecule has 0 saturated heterocycles. The minimum absolute atomic E-state index is 0.128. The third-order valence-corrected chi connectivity index (χ3v) is 2.54. The van der Waals surface area contributed by atoms with Gasteiger partial charge in [0.1, 0.15) is 11.5 Å². The number of ether oxygens (including phenoxy) is 4. The molecule has 0 aromatic heterocycles. The van der Waals surface area contributed by atoms with Crippen molar-refractivity contribution in [2.24, 2.45) is 5.92 Å². The first-order chi connectivity index (χ1) is 10.2. The van der Waals surface area contributed by atoms with E-state index in [2.05, 4.69) is 0 Å². The van der Waals surface area contributed by atoms with Crippen LogP contribution in [0, 0.1) is 5.92 Å². The largest absolute Gasteiger partial charge is 0.466 e. The van der Waals surface area contributed by atoms with E-state index in [0.29, 0.717) is 0 Å². The topological polar surface area (TPSA) is 88.1 Å². The van der Waals surface area contributed by atoms with E-state index in [-0.39, 0.29) is 19.6 Å². The van der Waals surface area contributed by atoms with Crippen molar-refractivity contribution in [1.82, 2.24) is 0 Å². The molecule has 0 aliphatic rings. The summed E-state index contributed by atoms with van der Waals surface area (Å²) in [5.41, 5.74) is -0.739. The second kappa shape index (κ2) is 9.40. The molecule has 128 valence electrons. The molecular weight excluding hydrogens is 292 g/mol. The third kappa shape index (κ3) is 7.40. The van der Waals surface area contributed by atoms with Crippen LogP contribution in [0.25, 0.3) is 0 Å². The molecule has 7 nitrogen and oxygen atoms in total. The summed E-state index contributed by atoms with van der Waals surface area (Å²) in [6, 6.07) is 0. The predicted octanol–water partition coefficient (Wildman–Crippen LogP) is 1.48. The van der Waals surface area contributed by atoms with Crippen molar-refractivity contribution >= 4 is 17.9 Å². The van der Waals surface area contributed by atoms with E-state index in [1.807, 2.05) is 0 Å². The minimum Gasteiger partial charge on any atom is -0.466 e. The van der Waals surface area contributed by atoms with Gasteiger partial charge >= 0.3 is 17.9 Å². The summed E-state index contributed by atoms with van der Waals surface area (Å²) in [4.78, 5) is 35.9. The molecule has 2 atom stereocenters. The number of hydrogen-bond acceptors (Lipinski definition) is 7. The van der Waals surface area contributed by atoms with Gasteiger partial charge in [0.25, 0.3) is 0 Å². The van der Waals surface area contributed by atoms with Gasteiger partial charge in [-0.2, -0.15) is 0 Å². The fraction of sp³-hybridized carbons (Fsp3) is 0.800. The van der Waals surface area contributed by atoms with Crippen molar-refractivity contribution in [1.29, 1.82) is 0 Å². The molecule has 0 radical (unpaired) electrons. The third-order valence-electron chi connectivity index (χ3n) is 2.54. The summed E-state index contributed by atoms with van der Waals surface area (Å²) >= 11 is 0. The molecule has 7 heteroatoms. The monoisotopic (exact) mass is 318 g/mol.